The van der Waals surface area contributed by atoms with Crippen LogP contribution in [0.1, 0.15) is 17.1 Å². The second-order valence-corrected chi connectivity index (χ2v) is 4.38. The summed E-state index contributed by atoms with van der Waals surface area (Å²) in [5.74, 6) is 0.911. The zero-order chi connectivity index (χ0) is 11.0. The lowest BCUT2D eigenvalue weighted by molar-refractivity contribution is 0.935. The molecule has 0 unspecified atom stereocenters. The van der Waals surface area contributed by atoms with Crippen molar-refractivity contribution in [1.29, 1.82) is 0 Å². The van der Waals surface area contributed by atoms with Crippen LogP contribution >= 0.6 is 15.9 Å². The van der Waals surface area contributed by atoms with Gasteiger partial charge in [0.25, 0.3) is 0 Å². The normalized spacial score (nSPS) is 10.7. The second kappa shape index (κ2) is 3.77. The molecule has 2 rings (SSSR count). The van der Waals surface area contributed by atoms with E-state index in [4.69, 9.17) is 0 Å². The largest absolute Gasteiger partial charge is 0.287 e. The summed E-state index contributed by atoms with van der Waals surface area (Å²) in [5, 5.41) is 0. The lowest BCUT2D eigenvalue weighted by Crippen LogP contribution is -1.99. The number of hydrogen-bond donors (Lipinski definition) is 0. The van der Waals surface area contributed by atoms with Crippen molar-refractivity contribution < 1.29 is 0 Å². The van der Waals surface area contributed by atoms with E-state index in [1.807, 2.05) is 37.5 Å². The van der Waals surface area contributed by atoms with Crippen LogP contribution in [0.4, 0.5) is 0 Å². The van der Waals surface area contributed by atoms with Crippen molar-refractivity contribution in [2.24, 2.45) is 0 Å². The zero-order valence-electron chi connectivity index (χ0n) is 8.95. The van der Waals surface area contributed by atoms with Crippen LogP contribution in [0.5, 0.6) is 0 Å². The highest BCUT2D eigenvalue weighted by Crippen LogP contribution is 2.17. The van der Waals surface area contributed by atoms with E-state index >= 15 is 0 Å². The first-order chi connectivity index (χ1) is 7.09. The maximum atomic E-state index is 4.49. The Morgan fingerprint density at radius 2 is 1.87 bits per heavy atom. The van der Waals surface area contributed by atoms with Crippen molar-refractivity contribution in [2.75, 3.05) is 0 Å². The van der Waals surface area contributed by atoms with Crippen LogP contribution in [-0.2, 0) is 0 Å². The summed E-state index contributed by atoms with van der Waals surface area (Å²) in [4.78, 5) is 8.75. The third-order valence-corrected chi connectivity index (χ3v) is 3.34. The third kappa shape index (κ3) is 1.81. The predicted octanol–water partition coefficient (Wildman–Crippen LogP) is 2.96. The van der Waals surface area contributed by atoms with E-state index in [2.05, 4.69) is 25.9 Å². The van der Waals surface area contributed by atoms with E-state index in [1.165, 1.54) is 0 Å². The van der Waals surface area contributed by atoms with Crippen molar-refractivity contribution in [1.82, 2.24) is 14.5 Å². The molecule has 0 atom stereocenters. The molecule has 2 aromatic heterocycles. The van der Waals surface area contributed by atoms with Gasteiger partial charge in [-0.2, -0.15) is 0 Å². The molecule has 78 valence electrons. The average molecular weight is 266 g/mol. The van der Waals surface area contributed by atoms with E-state index in [0.29, 0.717) is 0 Å². The van der Waals surface area contributed by atoms with Gasteiger partial charge in [-0.05, 0) is 48.8 Å². The van der Waals surface area contributed by atoms with Gasteiger partial charge in [-0.15, -0.1) is 0 Å². The quantitative estimate of drug-likeness (QED) is 0.794. The van der Waals surface area contributed by atoms with Crippen LogP contribution in [0.25, 0.3) is 5.82 Å². The molecule has 2 aromatic rings. The van der Waals surface area contributed by atoms with Gasteiger partial charge in [0, 0.05) is 10.2 Å². The third-order valence-electron chi connectivity index (χ3n) is 2.51. The molecule has 0 saturated heterocycles. The molecule has 0 saturated carbocycles. The van der Waals surface area contributed by atoms with Crippen LogP contribution < -0.4 is 0 Å². The fraction of sp³-hybridized carbons (Fsp3) is 0.273. The van der Waals surface area contributed by atoms with Crippen molar-refractivity contribution in [2.45, 2.75) is 20.8 Å². The number of halogens is 1. The summed E-state index contributed by atoms with van der Waals surface area (Å²) < 4.78 is 3.02. The van der Waals surface area contributed by atoms with Gasteiger partial charge in [-0.1, -0.05) is 0 Å². The second-order valence-electron chi connectivity index (χ2n) is 3.52. The van der Waals surface area contributed by atoms with Crippen LogP contribution in [0.3, 0.4) is 0 Å². The molecule has 4 heteroatoms. The molecular formula is C11H12BrN3. The van der Waals surface area contributed by atoms with E-state index in [0.717, 1.165) is 27.4 Å². The molecule has 0 aliphatic heterocycles. The summed E-state index contributed by atoms with van der Waals surface area (Å²) in [5.41, 5.74) is 3.15. The van der Waals surface area contributed by atoms with Gasteiger partial charge in [-0.3, -0.25) is 4.57 Å². The topological polar surface area (TPSA) is 30.7 Å². The highest BCUT2D eigenvalue weighted by Gasteiger charge is 2.06. The summed E-state index contributed by atoms with van der Waals surface area (Å²) in [6, 6.07) is 3.98. The molecule has 0 fully saturated rings. The molecule has 0 radical (unpaired) electrons. The smallest absolute Gasteiger partial charge is 0.138 e. The number of rotatable bonds is 1. The van der Waals surface area contributed by atoms with Gasteiger partial charge in [0.05, 0.1) is 11.4 Å². The number of pyridine rings is 1. The van der Waals surface area contributed by atoms with Crippen molar-refractivity contribution in [3.05, 3.63) is 40.0 Å². The first-order valence-corrected chi connectivity index (χ1v) is 5.53. The zero-order valence-corrected chi connectivity index (χ0v) is 10.5. The Balaban J connectivity index is 2.55. The maximum Gasteiger partial charge on any atom is 0.138 e. The molecule has 0 aliphatic carbocycles. The minimum absolute atomic E-state index is 0.911. The molecule has 0 spiro atoms. The van der Waals surface area contributed by atoms with Gasteiger partial charge in [0.1, 0.15) is 12.1 Å². The highest BCUT2D eigenvalue weighted by atomic mass is 79.9. The fourth-order valence-corrected chi connectivity index (χ4v) is 1.62. The first kappa shape index (κ1) is 10.4. The number of imidazole rings is 1. The molecule has 15 heavy (non-hydrogen) atoms. The van der Waals surface area contributed by atoms with E-state index in [9.17, 15) is 0 Å². The summed E-state index contributed by atoms with van der Waals surface area (Å²) >= 11 is 3.44. The number of aromatic nitrogens is 3. The predicted molar refractivity (Wildman–Crippen MR) is 63.3 cm³/mol. The Labute approximate surface area is 97.3 Å². The lowest BCUT2D eigenvalue weighted by Gasteiger charge is -2.06. The van der Waals surface area contributed by atoms with Crippen molar-refractivity contribution in [3.63, 3.8) is 0 Å². The fourth-order valence-electron chi connectivity index (χ4n) is 1.39. The molecule has 0 aliphatic rings. The molecular weight excluding hydrogens is 254 g/mol. The molecule has 3 nitrogen and oxygen atoms in total. The van der Waals surface area contributed by atoms with E-state index in [1.54, 1.807) is 6.33 Å². The van der Waals surface area contributed by atoms with E-state index < -0.39 is 0 Å². The van der Waals surface area contributed by atoms with Gasteiger partial charge in [-0.25, -0.2) is 9.97 Å². The standard InChI is InChI=1S/C11H12BrN3/c1-7-9(3)15(6-13-7)11-5-4-10(12)8(2)14-11/h4-6H,1-3H3. The number of nitrogens with zero attached hydrogens (tertiary/aromatic N) is 3. The summed E-state index contributed by atoms with van der Waals surface area (Å²) in [6.07, 6.45) is 1.81. The van der Waals surface area contributed by atoms with Gasteiger partial charge in [0.15, 0.2) is 0 Å². The van der Waals surface area contributed by atoms with Crippen LogP contribution in [0, 0.1) is 20.8 Å². The Hall–Kier alpha value is -1.16. The van der Waals surface area contributed by atoms with Gasteiger partial charge >= 0.3 is 0 Å². The number of aryl methyl sites for hydroxylation is 2. The summed E-state index contributed by atoms with van der Waals surface area (Å²) in [6.45, 7) is 6.02. The van der Waals surface area contributed by atoms with Gasteiger partial charge in [0.2, 0.25) is 0 Å². The lowest BCUT2D eigenvalue weighted by atomic mass is 10.3. The Morgan fingerprint density at radius 1 is 1.13 bits per heavy atom. The summed E-state index contributed by atoms with van der Waals surface area (Å²) in [7, 11) is 0. The molecule has 0 N–H and O–H groups in total. The van der Waals surface area contributed by atoms with Crippen LogP contribution in [0.15, 0.2) is 22.9 Å². The monoisotopic (exact) mass is 265 g/mol. The van der Waals surface area contributed by atoms with Gasteiger partial charge < -0.3 is 0 Å². The van der Waals surface area contributed by atoms with Crippen LogP contribution in [-0.4, -0.2) is 14.5 Å². The van der Waals surface area contributed by atoms with Crippen molar-refractivity contribution in [3.8, 4) is 5.82 Å². The first-order valence-electron chi connectivity index (χ1n) is 4.73. The van der Waals surface area contributed by atoms with Crippen molar-refractivity contribution >= 4 is 15.9 Å². The Kier molecular flexibility index (Phi) is 2.61. The van der Waals surface area contributed by atoms with E-state index in [-0.39, 0.29) is 0 Å². The molecule has 0 bridgehead atoms. The Bertz CT molecular complexity index is 503. The number of hydrogen-bond acceptors (Lipinski definition) is 2. The highest BCUT2D eigenvalue weighted by molar-refractivity contribution is 9.10. The maximum absolute atomic E-state index is 4.49. The minimum atomic E-state index is 0.911. The SMILES string of the molecule is Cc1nc(-n2cnc(C)c2C)ccc1Br. The molecule has 0 aromatic carbocycles. The molecule has 0 amide bonds. The molecule has 2 heterocycles. The average Bonchev–Trinajstić information content (AvgIpc) is 2.53. The van der Waals surface area contributed by atoms with Crippen LogP contribution in [0.2, 0.25) is 0 Å². The minimum Gasteiger partial charge on any atom is -0.287 e. The Morgan fingerprint density at radius 3 is 2.40 bits per heavy atom.